The predicted octanol–water partition coefficient (Wildman–Crippen LogP) is 4.41. The van der Waals surface area contributed by atoms with Gasteiger partial charge in [-0.2, -0.15) is 0 Å². The highest BCUT2D eigenvalue weighted by Crippen LogP contribution is 2.19. The molecule has 0 aromatic heterocycles. The lowest BCUT2D eigenvalue weighted by Gasteiger charge is -2.06. The summed E-state index contributed by atoms with van der Waals surface area (Å²) < 4.78 is 0. The normalized spacial score (nSPS) is 12.3. The summed E-state index contributed by atoms with van der Waals surface area (Å²) in [6.45, 7) is 2.08. The molecule has 0 fully saturated rings. The van der Waals surface area contributed by atoms with Crippen LogP contribution in [0.25, 0.3) is 11.1 Å². The van der Waals surface area contributed by atoms with Crippen LogP contribution in [0.15, 0.2) is 54.6 Å². The molecule has 0 spiro atoms. The quantitative estimate of drug-likeness (QED) is 0.758. The zero-order valence-electron chi connectivity index (χ0n) is 11.7. The lowest BCUT2D eigenvalue weighted by Crippen LogP contribution is -2.14. The maximum absolute atomic E-state index is 5.76. The van der Waals surface area contributed by atoms with Gasteiger partial charge in [-0.05, 0) is 42.9 Å². The molecule has 2 aromatic carbocycles. The van der Waals surface area contributed by atoms with Crippen molar-refractivity contribution in [3.8, 4) is 11.1 Å². The number of rotatable bonds is 6. The molecule has 1 atom stereocenters. The van der Waals surface area contributed by atoms with Gasteiger partial charge in [-0.3, -0.25) is 0 Å². The molecule has 1 nitrogen and oxygen atoms in total. The number of aryl methyl sites for hydroxylation is 1. The average molecular weight is 253 g/mol. The minimum Gasteiger partial charge on any atom is -0.328 e. The van der Waals surface area contributed by atoms with E-state index >= 15 is 0 Å². The Hall–Kier alpha value is -1.60. The van der Waals surface area contributed by atoms with Crippen molar-refractivity contribution in [2.75, 3.05) is 0 Å². The smallest absolute Gasteiger partial charge is 0.00104 e. The van der Waals surface area contributed by atoms with E-state index in [2.05, 4.69) is 61.5 Å². The van der Waals surface area contributed by atoms with Crippen LogP contribution in [0.3, 0.4) is 0 Å². The third kappa shape index (κ3) is 4.53. The molecule has 0 amide bonds. The fourth-order valence-electron chi connectivity index (χ4n) is 2.29. The Bertz CT molecular complexity index is 471. The fraction of sp³-hybridized carbons (Fsp3) is 0.333. The van der Waals surface area contributed by atoms with Crippen LogP contribution in [0.4, 0.5) is 0 Å². The molecule has 0 aliphatic rings. The third-order valence-electron chi connectivity index (χ3n) is 3.44. The van der Waals surface area contributed by atoms with E-state index < -0.39 is 0 Å². The van der Waals surface area contributed by atoms with Gasteiger partial charge in [-0.25, -0.2) is 0 Å². The molecule has 0 aliphatic carbocycles. The summed E-state index contributed by atoms with van der Waals surface area (Å²) in [4.78, 5) is 0. The van der Waals surface area contributed by atoms with Crippen molar-refractivity contribution < 1.29 is 0 Å². The molecule has 0 radical (unpaired) electrons. The Balaban J connectivity index is 1.88. The van der Waals surface area contributed by atoms with Crippen LogP contribution in [0.1, 0.15) is 31.7 Å². The van der Waals surface area contributed by atoms with Gasteiger partial charge >= 0.3 is 0 Å². The second kappa shape index (κ2) is 7.10. The summed E-state index contributed by atoms with van der Waals surface area (Å²) in [5.41, 5.74) is 9.75. The maximum atomic E-state index is 5.76. The van der Waals surface area contributed by atoms with Crippen molar-refractivity contribution in [2.45, 2.75) is 38.6 Å². The second-order valence-corrected chi connectivity index (χ2v) is 5.29. The first-order valence-corrected chi connectivity index (χ1v) is 7.15. The highest BCUT2D eigenvalue weighted by atomic mass is 14.6. The summed E-state index contributed by atoms with van der Waals surface area (Å²) in [7, 11) is 0. The van der Waals surface area contributed by atoms with Crippen LogP contribution < -0.4 is 5.73 Å². The Labute approximate surface area is 116 Å². The minimum atomic E-state index is 0.334. The van der Waals surface area contributed by atoms with Crippen molar-refractivity contribution in [2.24, 2.45) is 5.73 Å². The first kappa shape index (κ1) is 13.8. The van der Waals surface area contributed by atoms with Gasteiger partial charge in [0.05, 0.1) is 0 Å². The summed E-state index contributed by atoms with van der Waals surface area (Å²) in [5, 5.41) is 0. The van der Waals surface area contributed by atoms with Crippen LogP contribution in [0.2, 0.25) is 0 Å². The molecule has 100 valence electrons. The van der Waals surface area contributed by atoms with E-state index in [9.17, 15) is 0 Å². The van der Waals surface area contributed by atoms with E-state index in [1.165, 1.54) is 29.5 Å². The molecule has 2 N–H and O–H groups in total. The molecular weight excluding hydrogens is 230 g/mol. The Morgan fingerprint density at radius 1 is 0.842 bits per heavy atom. The third-order valence-corrected chi connectivity index (χ3v) is 3.44. The number of hydrogen-bond acceptors (Lipinski definition) is 1. The van der Waals surface area contributed by atoms with Crippen LogP contribution in [0, 0.1) is 0 Å². The molecule has 0 aliphatic heterocycles. The van der Waals surface area contributed by atoms with Crippen molar-refractivity contribution in [3.05, 3.63) is 60.2 Å². The van der Waals surface area contributed by atoms with Gasteiger partial charge in [0, 0.05) is 6.04 Å². The van der Waals surface area contributed by atoms with Crippen LogP contribution >= 0.6 is 0 Å². The van der Waals surface area contributed by atoms with Gasteiger partial charge < -0.3 is 5.73 Å². The van der Waals surface area contributed by atoms with E-state index in [-0.39, 0.29) is 0 Å². The highest BCUT2D eigenvalue weighted by Gasteiger charge is 1.99. The van der Waals surface area contributed by atoms with E-state index in [0.29, 0.717) is 6.04 Å². The summed E-state index contributed by atoms with van der Waals surface area (Å²) in [6, 6.07) is 19.8. The van der Waals surface area contributed by atoms with Gasteiger partial charge in [0.2, 0.25) is 0 Å². The molecule has 1 heteroatoms. The Kier molecular flexibility index (Phi) is 5.17. The number of nitrogens with two attached hydrogens (primary N) is 1. The molecule has 1 unspecified atom stereocenters. The van der Waals surface area contributed by atoms with Crippen LogP contribution in [-0.4, -0.2) is 6.04 Å². The van der Waals surface area contributed by atoms with Crippen LogP contribution in [-0.2, 0) is 6.42 Å². The lowest BCUT2D eigenvalue weighted by atomic mass is 10.0. The number of unbranched alkanes of at least 4 members (excludes halogenated alkanes) is 1. The largest absolute Gasteiger partial charge is 0.328 e. The molecular formula is C18H23N. The van der Waals surface area contributed by atoms with Crippen molar-refractivity contribution in [3.63, 3.8) is 0 Å². The molecule has 0 bridgehead atoms. The molecule has 2 rings (SSSR count). The number of benzene rings is 2. The molecule has 0 heterocycles. The van der Waals surface area contributed by atoms with Crippen molar-refractivity contribution in [1.29, 1.82) is 0 Å². The maximum Gasteiger partial charge on any atom is 0.00104 e. The summed E-state index contributed by atoms with van der Waals surface area (Å²) >= 11 is 0. The first-order valence-electron chi connectivity index (χ1n) is 7.15. The average Bonchev–Trinajstić information content (AvgIpc) is 2.45. The fourth-order valence-corrected chi connectivity index (χ4v) is 2.29. The standard InChI is InChI=1S/C18H23N/c1-15(19)7-5-6-8-16-11-13-18(14-12-16)17-9-3-2-4-10-17/h2-4,9-15H,5-8,19H2,1H3. The van der Waals surface area contributed by atoms with E-state index in [0.717, 1.165) is 12.8 Å². The number of hydrogen-bond donors (Lipinski definition) is 1. The van der Waals surface area contributed by atoms with E-state index in [4.69, 9.17) is 5.73 Å². The molecule has 19 heavy (non-hydrogen) atoms. The zero-order chi connectivity index (χ0) is 13.5. The minimum absolute atomic E-state index is 0.334. The van der Waals surface area contributed by atoms with Gasteiger partial charge in [-0.15, -0.1) is 0 Å². The van der Waals surface area contributed by atoms with E-state index in [1.54, 1.807) is 0 Å². The molecule has 2 aromatic rings. The van der Waals surface area contributed by atoms with Crippen LogP contribution in [0.5, 0.6) is 0 Å². The zero-order valence-corrected chi connectivity index (χ0v) is 11.7. The Morgan fingerprint density at radius 2 is 1.47 bits per heavy atom. The molecule has 0 saturated heterocycles. The van der Waals surface area contributed by atoms with Crippen molar-refractivity contribution >= 4 is 0 Å². The van der Waals surface area contributed by atoms with Gasteiger partial charge in [0.25, 0.3) is 0 Å². The topological polar surface area (TPSA) is 26.0 Å². The lowest BCUT2D eigenvalue weighted by molar-refractivity contribution is 0.597. The van der Waals surface area contributed by atoms with Crippen molar-refractivity contribution in [1.82, 2.24) is 0 Å². The van der Waals surface area contributed by atoms with Gasteiger partial charge in [0.1, 0.15) is 0 Å². The summed E-state index contributed by atoms with van der Waals surface area (Å²) in [6.07, 6.45) is 4.73. The summed E-state index contributed by atoms with van der Waals surface area (Å²) in [5.74, 6) is 0. The SMILES string of the molecule is CC(N)CCCCc1ccc(-c2ccccc2)cc1. The predicted molar refractivity (Wildman–Crippen MR) is 83.1 cm³/mol. The molecule has 0 saturated carbocycles. The Morgan fingerprint density at radius 3 is 2.11 bits per heavy atom. The highest BCUT2D eigenvalue weighted by molar-refractivity contribution is 5.63. The monoisotopic (exact) mass is 253 g/mol. The van der Waals surface area contributed by atoms with Gasteiger partial charge in [0.15, 0.2) is 0 Å². The first-order chi connectivity index (χ1) is 9.25. The van der Waals surface area contributed by atoms with E-state index in [1.807, 2.05) is 0 Å². The van der Waals surface area contributed by atoms with Gasteiger partial charge in [-0.1, -0.05) is 61.0 Å². The second-order valence-electron chi connectivity index (χ2n) is 5.29.